The van der Waals surface area contributed by atoms with Gasteiger partial charge in [0.15, 0.2) is 12.6 Å². The van der Waals surface area contributed by atoms with E-state index < -0.39 is 5.56 Å². The molecule has 7 nitrogen and oxygen atoms in total. The molecule has 0 amide bonds. The third kappa shape index (κ3) is 4.45. The monoisotopic (exact) mass is 563 g/mol. The van der Waals surface area contributed by atoms with Crippen LogP contribution in [0.25, 0.3) is 39.2 Å². The number of halogens is 3. The van der Waals surface area contributed by atoms with E-state index in [-0.39, 0.29) is 11.4 Å². The van der Waals surface area contributed by atoms with Crippen molar-refractivity contribution in [3.05, 3.63) is 104 Å². The zero-order valence-corrected chi connectivity index (χ0v) is 21.9. The summed E-state index contributed by atoms with van der Waals surface area (Å²) in [5, 5.41) is 1.17. The number of hydrogen-bond donors (Lipinski definition) is 0. The number of carbonyl (C=O) groups excluding carboxylic acids is 2. The number of ether oxygens (including phenoxy) is 1. The molecule has 5 rings (SSSR count). The lowest BCUT2D eigenvalue weighted by Gasteiger charge is -2.15. The highest BCUT2D eigenvalue weighted by Crippen LogP contribution is 2.44. The molecule has 0 aliphatic rings. The van der Waals surface area contributed by atoms with Gasteiger partial charge in [0.05, 0.1) is 34.0 Å². The van der Waals surface area contributed by atoms with E-state index in [0.29, 0.717) is 72.4 Å². The number of fused-ring (bicyclic) bond motifs is 1. The first-order valence-corrected chi connectivity index (χ1v) is 12.2. The lowest BCUT2D eigenvalue weighted by atomic mass is 9.97. The summed E-state index contributed by atoms with van der Waals surface area (Å²) in [6.45, 7) is 0. The van der Waals surface area contributed by atoms with Crippen LogP contribution in [-0.4, -0.2) is 34.1 Å². The molecule has 0 saturated heterocycles. The number of nitrogens with zero attached hydrogens (tertiary/aromatic N) is 3. The topological polar surface area (TPSA) is 90.6 Å². The Labute approximate surface area is 231 Å². The summed E-state index contributed by atoms with van der Waals surface area (Å²) in [4.78, 5) is 43.4. The number of aromatic nitrogens is 3. The van der Waals surface area contributed by atoms with Gasteiger partial charge in [0.25, 0.3) is 5.56 Å². The van der Waals surface area contributed by atoms with Crippen molar-refractivity contribution in [2.75, 3.05) is 7.11 Å². The summed E-state index contributed by atoms with van der Waals surface area (Å²) in [5.74, 6) is 0.186. The zero-order chi connectivity index (χ0) is 27.0. The van der Waals surface area contributed by atoms with Crippen LogP contribution in [0.5, 0.6) is 5.88 Å². The molecule has 0 N–H and O–H groups in total. The van der Waals surface area contributed by atoms with Gasteiger partial charge >= 0.3 is 0 Å². The molecule has 3 aromatic heterocycles. The van der Waals surface area contributed by atoms with Crippen LogP contribution in [-0.2, 0) is 0 Å². The molecular formula is C28H16Cl3N3O4. The van der Waals surface area contributed by atoms with Gasteiger partial charge < -0.3 is 4.74 Å². The first-order valence-electron chi connectivity index (χ1n) is 11.1. The van der Waals surface area contributed by atoms with Crippen molar-refractivity contribution in [2.45, 2.75) is 0 Å². The molecule has 2 aromatic carbocycles. The van der Waals surface area contributed by atoms with Gasteiger partial charge in [-0.3, -0.25) is 18.8 Å². The molecule has 38 heavy (non-hydrogen) atoms. The third-order valence-corrected chi connectivity index (χ3v) is 7.02. The van der Waals surface area contributed by atoms with Gasteiger partial charge in [-0.2, -0.15) is 0 Å². The molecule has 0 atom stereocenters. The van der Waals surface area contributed by atoms with Crippen LogP contribution in [0.4, 0.5) is 0 Å². The van der Waals surface area contributed by atoms with Crippen LogP contribution in [0.2, 0.25) is 15.1 Å². The second kappa shape index (κ2) is 10.4. The Hall–Kier alpha value is -4.04. The molecule has 188 valence electrons. The van der Waals surface area contributed by atoms with Gasteiger partial charge in [0, 0.05) is 39.7 Å². The van der Waals surface area contributed by atoms with E-state index in [1.54, 1.807) is 42.5 Å². The summed E-state index contributed by atoms with van der Waals surface area (Å²) < 4.78 is 6.52. The van der Waals surface area contributed by atoms with Crippen molar-refractivity contribution in [3.63, 3.8) is 0 Å². The van der Waals surface area contributed by atoms with Gasteiger partial charge in [-0.05, 0) is 42.0 Å². The van der Waals surface area contributed by atoms with E-state index in [1.165, 1.54) is 23.9 Å². The summed E-state index contributed by atoms with van der Waals surface area (Å²) in [6, 6.07) is 15.5. The van der Waals surface area contributed by atoms with Crippen LogP contribution in [0, 0.1) is 0 Å². The van der Waals surface area contributed by atoms with E-state index >= 15 is 0 Å². The molecule has 3 heterocycles. The normalized spacial score (nSPS) is 10.9. The van der Waals surface area contributed by atoms with E-state index in [4.69, 9.17) is 39.5 Å². The number of pyridine rings is 2. The number of carbonyl (C=O) groups is 2. The van der Waals surface area contributed by atoms with Crippen molar-refractivity contribution in [2.24, 2.45) is 0 Å². The lowest BCUT2D eigenvalue weighted by molar-refractivity contribution is 0.111. The van der Waals surface area contributed by atoms with E-state index in [2.05, 4.69) is 9.97 Å². The van der Waals surface area contributed by atoms with E-state index in [9.17, 15) is 14.4 Å². The molecule has 5 aromatic rings. The SMILES string of the molecule is COc1nc(-c2cccc(-c3cc(Cl)cc(-c4ccn5c(=O)c(C=O)cnc5c4)c3Cl)c2Cl)ccc1C=O. The van der Waals surface area contributed by atoms with Crippen LogP contribution in [0.3, 0.4) is 0 Å². The molecular weight excluding hydrogens is 549 g/mol. The highest BCUT2D eigenvalue weighted by Gasteiger charge is 2.18. The standard InChI is InChI=1S/C28H16Cl3N3O4/c1-38-27-16(13-35)5-6-23(33-27)20-4-2-3-19(25(20)30)22-11-18(29)10-21(26(22)31)15-7-8-34-24(9-15)32-12-17(14-36)28(34)37/h2-14H,1H3. The van der Waals surface area contributed by atoms with E-state index in [1.807, 2.05) is 12.1 Å². The van der Waals surface area contributed by atoms with E-state index in [0.717, 1.165) is 0 Å². The van der Waals surface area contributed by atoms with Gasteiger partial charge in [-0.1, -0.05) is 53.0 Å². The van der Waals surface area contributed by atoms with Crippen molar-refractivity contribution in [1.29, 1.82) is 0 Å². The molecule has 0 spiro atoms. The lowest BCUT2D eigenvalue weighted by Crippen LogP contribution is -2.18. The molecule has 0 unspecified atom stereocenters. The van der Waals surface area contributed by atoms with Crippen molar-refractivity contribution in [3.8, 4) is 39.4 Å². The Bertz CT molecular complexity index is 1820. The number of benzene rings is 2. The Kier molecular flexibility index (Phi) is 6.99. The average Bonchev–Trinajstić information content (AvgIpc) is 2.94. The Balaban J connectivity index is 1.65. The number of hydrogen-bond acceptors (Lipinski definition) is 6. The minimum Gasteiger partial charge on any atom is -0.480 e. The van der Waals surface area contributed by atoms with Crippen LogP contribution in [0.1, 0.15) is 20.7 Å². The number of rotatable bonds is 6. The Morgan fingerprint density at radius 1 is 0.842 bits per heavy atom. The first-order chi connectivity index (χ1) is 18.4. The summed E-state index contributed by atoms with van der Waals surface area (Å²) in [6.07, 6.45) is 3.89. The number of methoxy groups -OCH3 is 1. The molecule has 0 bridgehead atoms. The average molecular weight is 565 g/mol. The Morgan fingerprint density at radius 2 is 1.55 bits per heavy atom. The summed E-state index contributed by atoms with van der Waals surface area (Å²) in [7, 11) is 1.43. The molecule has 0 fully saturated rings. The van der Waals surface area contributed by atoms with Gasteiger partial charge in [0.1, 0.15) is 5.65 Å². The maximum Gasteiger partial charge on any atom is 0.268 e. The first kappa shape index (κ1) is 25.6. The fourth-order valence-corrected chi connectivity index (χ4v) is 4.99. The molecule has 0 aliphatic heterocycles. The second-order valence-electron chi connectivity index (χ2n) is 8.18. The van der Waals surface area contributed by atoms with Gasteiger partial charge in [0.2, 0.25) is 5.88 Å². The smallest absolute Gasteiger partial charge is 0.268 e. The number of aldehydes is 2. The van der Waals surface area contributed by atoms with Crippen LogP contribution in [0.15, 0.2) is 71.8 Å². The predicted octanol–water partition coefficient (Wildman–Crippen LogP) is 6.68. The molecule has 10 heteroatoms. The Morgan fingerprint density at radius 3 is 2.29 bits per heavy atom. The molecule has 0 saturated carbocycles. The fourth-order valence-electron chi connectivity index (χ4n) is 4.13. The summed E-state index contributed by atoms with van der Waals surface area (Å²) >= 11 is 20.3. The quantitative estimate of drug-likeness (QED) is 0.214. The minimum absolute atomic E-state index is 0.0410. The molecule has 0 radical (unpaired) electrons. The predicted molar refractivity (Wildman–Crippen MR) is 148 cm³/mol. The van der Waals surface area contributed by atoms with Crippen LogP contribution < -0.4 is 10.3 Å². The van der Waals surface area contributed by atoms with Gasteiger partial charge in [-0.15, -0.1) is 0 Å². The molecule has 0 aliphatic carbocycles. The highest BCUT2D eigenvalue weighted by atomic mass is 35.5. The van der Waals surface area contributed by atoms with Crippen molar-refractivity contribution in [1.82, 2.24) is 14.4 Å². The largest absolute Gasteiger partial charge is 0.480 e. The second-order valence-corrected chi connectivity index (χ2v) is 9.37. The van der Waals surface area contributed by atoms with Crippen molar-refractivity contribution < 1.29 is 14.3 Å². The fraction of sp³-hybridized carbons (Fsp3) is 0.0357. The van der Waals surface area contributed by atoms with Crippen LogP contribution >= 0.6 is 34.8 Å². The maximum absolute atomic E-state index is 12.4. The van der Waals surface area contributed by atoms with Gasteiger partial charge in [-0.25, -0.2) is 9.97 Å². The maximum atomic E-state index is 12.4. The highest BCUT2D eigenvalue weighted by molar-refractivity contribution is 6.40. The minimum atomic E-state index is -0.468. The summed E-state index contributed by atoms with van der Waals surface area (Å²) in [5.41, 5.74) is 3.73. The van der Waals surface area contributed by atoms with Crippen molar-refractivity contribution >= 4 is 53.0 Å². The third-order valence-electron chi connectivity index (χ3n) is 5.99. The zero-order valence-electron chi connectivity index (χ0n) is 19.6.